The predicted molar refractivity (Wildman–Crippen MR) is 58.3 cm³/mol. The summed E-state index contributed by atoms with van der Waals surface area (Å²) in [5, 5.41) is 0. The van der Waals surface area contributed by atoms with Crippen LogP contribution in [0.2, 0.25) is 0 Å². The molecule has 1 saturated carbocycles. The highest BCUT2D eigenvalue weighted by molar-refractivity contribution is 5.37. The van der Waals surface area contributed by atoms with E-state index in [2.05, 4.69) is 11.8 Å². The lowest BCUT2D eigenvalue weighted by molar-refractivity contribution is 0.314. The van der Waals surface area contributed by atoms with Gasteiger partial charge in [0.1, 0.15) is 5.82 Å². The van der Waals surface area contributed by atoms with Gasteiger partial charge in [-0.15, -0.1) is 0 Å². The summed E-state index contributed by atoms with van der Waals surface area (Å²) in [6.45, 7) is 5.75. The monoisotopic (exact) mass is 205 g/mol. The number of piperidine rings is 1. The molecule has 1 aliphatic heterocycles. The number of halogens is 1. The Morgan fingerprint density at radius 1 is 1.40 bits per heavy atom. The zero-order chi connectivity index (χ0) is 10.5. The fourth-order valence-electron chi connectivity index (χ4n) is 3.06. The maximum Gasteiger partial charge on any atom is 0.123 e. The van der Waals surface area contributed by atoms with E-state index in [0.29, 0.717) is 5.41 Å². The molecule has 2 unspecified atom stereocenters. The minimum absolute atomic E-state index is 0.127. The normalized spacial score (nSPS) is 34.1. The third-order valence-electron chi connectivity index (χ3n) is 4.08. The van der Waals surface area contributed by atoms with Gasteiger partial charge in [-0.25, -0.2) is 4.39 Å². The Morgan fingerprint density at radius 3 is 2.73 bits per heavy atom. The molecular weight excluding hydrogens is 189 g/mol. The van der Waals surface area contributed by atoms with Crippen molar-refractivity contribution in [3.8, 4) is 0 Å². The molecule has 0 N–H and O–H groups in total. The second kappa shape index (κ2) is 3.05. The number of hydrogen-bond acceptors (Lipinski definition) is 1. The number of likely N-dealkylation sites (N-methyl/N-ethyl adjacent to an activating group) is 1. The lowest BCUT2D eigenvalue weighted by Gasteiger charge is -2.19. The van der Waals surface area contributed by atoms with Gasteiger partial charge in [0.05, 0.1) is 0 Å². The molecule has 1 nitrogen and oxygen atoms in total. The molecule has 1 aliphatic carbocycles. The summed E-state index contributed by atoms with van der Waals surface area (Å²) in [4.78, 5) is 2.50. The molecule has 0 amide bonds. The summed E-state index contributed by atoms with van der Waals surface area (Å²) >= 11 is 0. The Morgan fingerprint density at radius 2 is 2.13 bits per heavy atom. The average Bonchev–Trinajstić information content (AvgIpc) is 2.83. The van der Waals surface area contributed by atoms with Crippen molar-refractivity contribution >= 4 is 0 Å². The molecule has 15 heavy (non-hydrogen) atoms. The van der Waals surface area contributed by atoms with Crippen molar-refractivity contribution in [2.45, 2.75) is 18.8 Å². The van der Waals surface area contributed by atoms with Crippen molar-refractivity contribution in [2.24, 2.45) is 5.92 Å². The van der Waals surface area contributed by atoms with Crippen LogP contribution in [0, 0.1) is 11.7 Å². The SMILES string of the molecule is CCN1CC2CC2(c2ccc(F)cc2)C1. The first-order valence-corrected chi connectivity index (χ1v) is 5.73. The molecule has 0 aromatic heterocycles. The molecule has 1 saturated heterocycles. The Balaban J connectivity index is 1.87. The van der Waals surface area contributed by atoms with Crippen molar-refractivity contribution in [1.82, 2.24) is 4.90 Å². The molecule has 1 heterocycles. The van der Waals surface area contributed by atoms with E-state index in [1.54, 1.807) is 12.1 Å². The van der Waals surface area contributed by atoms with E-state index < -0.39 is 0 Å². The quantitative estimate of drug-likeness (QED) is 0.716. The molecular formula is C13H16FN. The molecule has 0 radical (unpaired) electrons. The number of benzene rings is 1. The third kappa shape index (κ3) is 1.31. The Bertz CT molecular complexity index is 373. The molecule has 0 spiro atoms. The summed E-state index contributed by atoms with van der Waals surface area (Å²) in [7, 11) is 0. The van der Waals surface area contributed by atoms with Crippen LogP contribution in [0.25, 0.3) is 0 Å². The van der Waals surface area contributed by atoms with Gasteiger partial charge in [-0.2, -0.15) is 0 Å². The molecule has 0 bridgehead atoms. The highest BCUT2D eigenvalue weighted by atomic mass is 19.1. The topological polar surface area (TPSA) is 3.24 Å². The fraction of sp³-hybridized carbons (Fsp3) is 0.538. The largest absolute Gasteiger partial charge is 0.302 e. The van der Waals surface area contributed by atoms with Gasteiger partial charge in [-0.3, -0.25) is 0 Å². The van der Waals surface area contributed by atoms with Gasteiger partial charge in [0.15, 0.2) is 0 Å². The number of fused-ring (bicyclic) bond motifs is 1. The lowest BCUT2D eigenvalue weighted by Crippen LogP contribution is -2.26. The Kier molecular flexibility index (Phi) is 1.90. The van der Waals surface area contributed by atoms with Gasteiger partial charge in [0.2, 0.25) is 0 Å². The van der Waals surface area contributed by atoms with Crippen LogP contribution < -0.4 is 0 Å². The molecule has 1 aromatic carbocycles. The maximum atomic E-state index is 12.8. The zero-order valence-electron chi connectivity index (χ0n) is 9.04. The summed E-state index contributed by atoms with van der Waals surface area (Å²) in [6, 6.07) is 7.12. The second-order valence-electron chi connectivity index (χ2n) is 4.89. The van der Waals surface area contributed by atoms with E-state index in [-0.39, 0.29) is 5.82 Å². The molecule has 1 aromatic rings. The first kappa shape index (κ1) is 9.34. The van der Waals surface area contributed by atoms with Gasteiger partial charge in [-0.1, -0.05) is 19.1 Å². The smallest absolute Gasteiger partial charge is 0.123 e. The predicted octanol–water partition coefficient (Wildman–Crippen LogP) is 2.42. The van der Waals surface area contributed by atoms with E-state index >= 15 is 0 Å². The van der Waals surface area contributed by atoms with Gasteiger partial charge < -0.3 is 4.90 Å². The maximum absolute atomic E-state index is 12.8. The summed E-state index contributed by atoms with van der Waals surface area (Å²) in [5.74, 6) is 0.695. The molecule has 2 aliphatic rings. The van der Waals surface area contributed by atoms with E-state index in [0.717, 1.165) is 12.5 Å². The van der Waals surface area contributed by atoms with E-state index in [1.807, 2.05) is 12.1 Å². The van der Waals surface area contributed by atoms with Gasteiger partial charge >= 0.3 is 0 Å². The summed E-state index contributed by atoms with van der Waals surface area (Å²) in [5.41, 5.74) is 1.72. The number of hydrogen-bond donors (Lipinski definition) is 0. The summed E-state index contributed by atoms with van der Waals surface area (Å²) in [6.07, 6.45) is 1.30. The Hall–Kier alpha value is -0.890. The van der Waals surface area contributed by atoms with Crippen LogP contribution in [0.15, 0.2) is 24.3 Å². The fourth-order valence-corrected chi connectivity index (χ4v) is 3.06. The standard InChI is InChI=1S/C13H16FN/c1-2-15-8-11-7-13(11,9-15)10-3-5-12(14)6-4-10/h3-6,11H,2,7-9H2,1H3. The van der Waals surface area contributed by atoms with E-state index in [1.165, 1.54) is 25.1 Å². The van der Waals surface area contributed by atoms with Gasteiger partial charge in [0, 0.05) is 18.5 Å². The average molecular weight is 205 g/mol. The number of likely N-dealkylation sites (tertiary alicyclic amines) is 1. The van der Waals surface area contributed by atoms with Crippen LogP contribution >= 0.6 is 0 Å². The van der Waals surface area contributed by atoms with Crippen LogP contribution in [-0.4, -0.2) is 24.5 Å². The number of rotatable bonds is 2. The summed E-state index contributed by atoms with van der Waals surface area (Å²) < 4.78 is 12.8. The molecule has 2 fully saturated rings. The van der Waals surface area contributed by atoms with Crippen molar-refractivity contribution in [2.75, 3.05) is 19.6 Å². The minimum atomic E-state index is -0.127. The highest BCUT2D eigenvalue weighted by Crippen LogP contribution is 2.58. The van der Waals surface area contributed by atoms with E-state index in [4.69, 9.17) is 0 Å². The molecule has 2 heteroatoms. The van der Waals surface area contributed by atoms with Crippen LogP contribution in [0.5, 0.6) is 0 Å². The van der Waals surface area contributed by atoms with Crippen molar-refractivity contribution in [3.63, 3.8) is 0 Å². The van der Waals surface area contributed by atoms with Crippen LogP contribution in [0.3, 0.4) is 0 Å². The molecule has 3 rings (SSSR count). The van der Waals surface area contributed by atoms with Gasteiger partial charge in [0.25, 0.3) is 0 Å². The Labute approximate surface area is 89.9 Å². The first-order chi connectivity index (χ1) is 7.24. The van der Waals surface area contributed by atoms with Crippen molar-refractivity contribution in [3.05, 3.63) is 35.6 Å². The zero-order valence-corrected chi connectivity index (χ0v) is 9.04. The lowest BCUT2D eigenvalue weighted by atomic mass is 9.95. The van der Waals surface area contributed by atoms with Crippen molar-refractivity contribution in [1.29, 1.82) is 0 Å². The highest BCUT2D eigenvalue weighted by Gasteiger charge is 2.60. The minimum Gasteiger partial charge on any atom is -0.302 e. The van der Waals surface area contributed by atoms with Crippen LogP contribution in [-0.2, 0) is 5.41 Å². The van der Waals surface area contributed by atoms with Crippen molar-refractivity contribution < 1.29 is 4.39 Å². The number of nitrogens with zero attached hydrogens (tertiary/aromatic N) is 1. The molecule has 2 atom stereocenters. The first-order valence-electron chi connectivity index (χ1n) is 5.73. The van der Waals surface area contributed by atoms with Gasteiger partial charge in [-0.05, 0) is 36.6 Å². The van der Waals surface area contributed by atoms with Crippen LogP contribution in [0.1, 0.15) is 18.9 Å². The van der Waals surface area contributed by atoms with E-state index in [9.17, 15) is 4.39 Å². The van der Waals surface area contributed by atoms with Crippen LogP contribution in [0.4, 0.5) is 4.39 Å². The molecule has 80 valence electrons. The second-order valence-corrected chi connectivity index (χ2v) is 4.89. The third-order valence-corrected chi connectivity index (χ3v) is 4.08.